The van der Waals surface area contributed by atoms with Crippen molar-refractivity contribution in [3.05, 3.63) is 24.3 Å². The number of methoxy groups -OCH3 is 1. The number of amides is 1. The zero-order valence-electron chi connectivity index (χ0n) is 11.0. The largest absolute Gasteiger partial charge is 0.493 e. The van der Waals surface area contributed by atoms with Crippen molar-refractivity contribution in [3.63, 3.8) is 0 Å². The average molecular weight is 283 g/mol. The Balaban J connectivity index is 2.52. The fraction of sp³-hybridized carbons (Fsp3) is 0.385. The summed E-state index contributed by atoms with van der Waals surface area (Å²) in [4.78, 5) is 22.4. The summed E-state index contributed by atoms with van der Waals surface area (Å²) in [6.07, 6.45) is -0.0598. The summed E-state index contributed by atoms with van der Waals surface area (Å²) in [6.45, 7) is -0.666. The fourth-order valence-electron chi connectivity index (χ4n) is 1.50. The molecule has 0 saturated carbocycles. The summed E-state index contributed by atoms with van der Waals surface area (Å²) >= 11 is 0. The summed E-state index contributed by atoms with van der Waals surface area (Å²) < 4.78 is 10.3. The number of rotatable bonds is 8. The van der Waals surface area contributed by atoms with E-state index in [-0.39, 0.29) is 19.6 Å². The number of para-hydroxylation sites is 2. The third kappa shape index (κ3) is 4.77. The molecule has 0 aromatic heterocycles. The normalized spacial score (nSPS) is 11.5. The van der Waals surface area contributed by atoms with Crippen LogP contribution in [0.15, 0.2) is 24.3 Å². The molecule has 3 N–H and O–H groups in total. The van der Waals surface area contributed by atoms with Crippen LogP contribution in [0.1, 0.15) is 6.42 Å². The van der Waals surface area contributed by atoms with Crippen LogP contribution in [0, 0.1) is 0 Å². The van der Waals surface area contributed by atoms with Crippen LogP contribution in [0.4, 0.5) is 0 Å². The maximum Gasteiger partial charge on any atom is 0.326 e. The second-order valence-electron chi connectivity index (χ2n) is 3.91. The number of hydrogen-bond acceptors (Lipinski definition) is 5. The van der Waals surface area contributed by atoms with E-state index >= 15 is 0 Å². The summed E-state index contributed by atoms with van der Waals surface area (Å²) in [5, 5.41) is 19.8. The van der Waals surface area contributed by atoms with E-state index in [0.717, 1.165) is 0 Å². The molecular weight excluding hydrogens is 266 g/mol. The van der Waals surface area contributed by atoms with Gasteiger partial charge >= 0.3 is 5.97 Å². The first-order valence-corrected chi connectivity index (χ1v) is 5.97. The minimum Gasteiger partial charge on any atom is -0.493 e. The van der Waals surface area contributed by atoms with Gasteiger partial charge in [0.2, 0.25) is 0 Å². The first-order valence-electron chi connectivity index (χ1n) is 5.97. The number of ether oxygens (including phenoxy) is 2. The Bertz CT molecular complexity index is 462. The molecule has 0 aliphatic carbocycles. The highest BCUT2D eigenvalue weighted by Gasteiger charge is 2.19. The Morgan fingerprint density at radius 1 is 1.30 bits per heavy atom. The molecule has 0 radical (unpaired) electrons. The molecule has 1 rings (SSSR count). The lowest BCUT2D eigenvalue weighted by Crippen LogP contribution is -2.43. The quantitative estimate of drug-likeness (QED) is 0.621. The molecule has 0 saturated heterocycles. The number of carboxylic acid groups (broad SMARTS) is 1. The van der Waals surface area contributed by atoms with Gasteiger partial charge in [-0.05, 0) is 12.1 Å². The molecule has 1 amide bonds. The van der Waals surface area contributed by atoms with Gasteiger partial charge in [-0.25, -0.2) is 4.79 Å². The number of carboxylic acids is 1. The molecule has 0 spiro atoms. The minimum atomic E-state index is -1.20. The predicted molar refractivity (Wildman–Crippen MR) is 69.8 cm³/mol. The molecule has 0 unspecified atom stereocenters. The van der Waals surface area contributed by atoms with Crippen LogP contribution in [0.5, 0.6) is 11.5 Å². The summed E-state index contributed by atoms with van der Waals surface area (Å²) in [6, 6.07) is 5.66. The standard InChI is InChI=1S/C13H17NO6/c1-19-10-4-2-3-5-11(10)20-8-12(16)14-9(6-7-15)13(17)18/h2-5,9,15H,6-8H2,1H3,(H,14,16)(H,17,18)/t9-/m0/s1. The molecule has 0 fully saturated rings. The van der Waals surface area contributed by atoms with Gasteiger partial charge in [-0.3, -0.25) is 4.79 Å². The van der Waals surface area contributed by atoms with Crippen molar-refractivity contribution in [2.24, 2.45) is 0 Å². The third-order valence-electron chi connectivity index (χ3n) is 2.48. The number of benzene rings is 1. The molecule has 7 nitrogen and oxygen atoms in total. The highest BCUT2D eigenvalue weighted by molar-refractivity contribution is 5.84. The zero-order valence-corrected chi connectivity index (χ0v) is 11.0. The van der Waals surface area contributed by atoms with E-state index in [2.05, 4.69) is 5.32 Å². The van der Waals surface area contributed by atoms with Crippen LogP contribution in [0.3, 0.4) is 0 Å². The van der Waals surface area contributed by atoms with Gasteiger partial charge in [0.25, 0.3) is 5.91 Å². The van der Waals surface area contributed by atoms with Crippen LogP contribution < -0.4 is 14.8 Å². The van der Waals surface area contributed by atoms with Crippen LogP contribution in [-0.2, 0) is 9.59 Å². The van der Waals surface area contributed by atoms with Gasteiger partial charge in [0.15, 0.2) is 18.1 Å². The SMILES string of the molecule is COc1ccccc1OCC(=O)N[C@@H](CCO)C(=O)O. The third-order valence-corrected chi connectivity index (χ3v) is 2.48. The molecule has 0 aliphatic rings. The summed E-state index contributed by atoms with van der Waals surface area (Å²) in [5.74, 6) is -0.925. The van der Waals surface area contributed by atoms with Crippen molar-refractivity contribution < 1.29 is 29.3 Å². The second-order valence-corrected chi connectivity index (χ2v) is 3.91. The highest BCUT2D eigenvalue weighted by Crippen LogP contribution is 2.25. The van der Waals surface area contributed by atoms with Gasteiger partial charge in [-0.15, -0.1) is 0 Å². The monoisotopic (exact) mass is 283 g/mol. The van der Waals surface area contributed by atoms with Gasteiger partial charge in [-0.1, -0.05) is 12.1 Å². The Morgan fingerprint density at radius 2 is 1.95 bits per heavy atom. The van der Waals surface area contributed by atoms with Gasteiger partial charge in [0.1, 0.15) is 6.04 Å². The van der Waals surface area contributed by atoms with E-state index in [0.29, 0.717) is 11.5 Å². The molecule has 1 aromatic carbocycles. The molecule has 110 valence electrons. The van der Waals surface area contributed by atoms with Crippen LogP contribution in [0.25, 0.3) is 0 Å². The molecule has 20 heavy (non-hydrogen) atoms. The number of carbonyl (C=O) groups excluding carboxylic acids is 1. The first kappa shape index (κ1) is 15.8. The highest BCUT2D eigenvalue weighted by atomic mass is 16.5. The van der Waals surface area contributed by atoms with E-state index in [1.54, 1.807) is 24.3 Å². The smallest absolute Gasteiger partial charge is 0.326 e. The van der Waals surface area contributed by atoms with E-state index in [9.17, 15) is 9.59 Å². The molecular formula is C13H17NO6. The number of aliphatic carboxylic acids is 1. The molecule has 0 aliphatic heterocycles. The fourth-order valence-corrected chi connectivity index (χ4v) is 1.50. The van der Waals surface area contributed by atoms with Crippen molar-refractivity contribution in [2.45, 2.75) is 12.5 Å². The van der Waals surface area contributed by atoms with E-state index in [1.165, 1.54) is 7.11 Å². The Hall–Kier alpha value is -2.28. The minimum absolute atomic E-state index is 0.0598. The molecule has 1 aromatic rings. The lowest BCUT2D eigenvalue weighted by molar-refractivity contribution is -0.142. The molecule has 0 heterocycles. The van der Waals surface area contributed by atoms with Crippen LogP contribution in [0.2, 0.25) is 0 Å². The number of aliphatic hydroxyl groups excluding tert-OH is 1. The number of nitrogens with one attached hydrogen (secondary N) is 1. The maximum absolute atomic E-state index is 11.6. The molecule has 1 atom stereocenters. The van der Waals surface area contributed by atoms with Crippen molar-refractivity contribution in [1.29, 1.82) is 0 Å². The molecule has 0 bridgehead atoms. The van der Waals surface area contributed by atoms with Crippen molar-refractivity contribution in [2.75, 3.05) is 20.3 Å². The van der Waals surface area contributed by atoms with Gasteiger partial charge in [0, 0.05) is 13.0 Å². The van der Waals surface area contributed by atoms with E-state index in [1.807, 2.05) is 0 Å². The average Bonchev–Trinajstić information content (AvgIpc) is 2.44. The van der Waals surface area contributed by atoms with Gasteiger partial charge < -0.3 is 25.0 Å². The zero-order chi connectivity index (χ0) is 15.0. The predicted octanol–water partition coefficient (Wildman–Crippen LogP) is 0.0258. The number of aliphatic hydroxyl groups is 1. The van der Waals surface area contributed by atoms with E-state index in [4.69, 9.17) is 19.7 Å². The Morgan fingerprint density at radius 3 is 2.50 bits per heavy atom. The number of carbonyl (C=O) groups is 2. The van der Waals surface area contributed by atoms with Crippen molar-refractivity contribution in [3.8, 4) is 11.5 Å². The first-order chi connectivity index (χ1) is 9.58. The Labute approximate surface area is 116 Å². The Kier molecular flexibility index (Phi) is 6.31. The lowest BCUT2D eigenvalue weighted by atomic mass is 10.2. The van der Waals surface area contributed by atoms with Crippen molar-refractivity contribution >= 4 is 11.9 Å². The number of hydrogen-bond donors (Lipinski definition) is 3. The maximum atomic E-state index is 11.6. The van der Waals surface area contributed by atoms with Gasteiger partial charge in [-0.2, -0.15) is 0 Å². The summed E-state index contributed by atoms with van der Waals surface area (Å²) in [5.41, 5.74) is 0. The summed E-state index contributed by atoms with van der Waals surface area (Å²) in [7, 11) is 1.48. The lowest BCUT2D eigenvalue weighted by Gasteiger charge is -2.14. The second kappa shape index (κ2) is 8.00. The van der Waals surface area contributed by atoms with Crippen LogP contribution in [-0.4, -0.2) is 48.5 Å². The molecule has 7 heteroatoms. The van der Waals surface area contributed by atoms with Gasteiger partial charge in [0.05, 0.1) is 7.11 Å². The van der Waals surface area contributed by atoms with E-state index < -0.39 is 17.9 Å². The van der Waals surface area contributed by atoms with Crippen molar-refractivity contribution in [1.82, 2.24) is 5.32 Å². The topological polar surface area (TPSA) is 105 Å². The van der Waals surface area contributed by atoms with Crippen LogP contribution >= 0.6 is 0 Å².